The predicted molar refractivity (Wildman–Crippen MR) is 164 cm³/mol. The van der Waals surface area contributed by atoms with Crippen molar-refractivity contribution < 1.29 is 34.0 Å². The molecule has 2 aliphatic heterocycles. The summed E-state index contributed by atoms with van der Waals surface area (Å²) >= 11 is 7.05. The van der Waals surface area contributed by atoms with Gasteiger partial charge in [0.2, 0.25) is 5.91 Å². The summed E-state index contributed by atoms with van der Waals surface area (Å²) in [5.41, 5.74) is 7.83. The molecule has 1 saturated heterocycles. The van der Waals surface area contributed by atoms with Crippen molar-refractivity contribution >= 4 is 52.9 Å². The molecule has 2 heterocycles. The third-order valence-electron chi connectivity index (χ3n) is 6.19. The van der Waals surface area contributed by atoms with Crippen LogP contribution in [0.2, 0.25) is 0 Å². The molecule has 13 nitrogen and oxygen atoms in total. The normalized spacial score (nSPS) is 18.4. The molecular weight excluding hydrogens is 614 g/mol. The van der Waals surface area contributed by atoms with Gasteiger partial charge in [-0.3, -0.25) is 29.4 Å². The maximum atomic E-state index is 12.4. The first kappa shape index (κ1) is 34.1. The largest absolute Gasteiger partial charge is 0.477 e. The molecule has 0 unspecified atom stereocenters. The highest BCUT2D eigenvalue weighted by molar-refractivity contribution is 8.04. The van der Waals surface area contributed by atoms with Gasteiger partial charge in [0, 0.05) is 22.6 Å². The summed E-state index contributed by atoms with van der Waals surface area (Å²) in [4.78, 5) is 64.6. The number of carboxylic acid groups (broad SMARTS) is 1. The Hall–Kier alpha value is -4.40. The Labute approximate surface area is 262 Å². The number of thioether (sulfide) groups is 1. The maximum absolute atomic E-state index is 12.4. The van der Waals surface area contributed by atoms with Gasteiger partial charge in [0.15, 0.2) is 0 Å². The van der Waals surface area contributed by atoms with Gasteiger partial charge < -0.3 is 16.2 Å². The molecule has 4 N–H and O–H groups in total. The lowest BCUT2D eigenvalue weighted by Gasteiger charge is -2.49. The summed E-state index contributed by atoms with van der Waals surface area (Å²) < 4.78 is 0. The average molecular weight is 646 g/mol. The fourth-order valence-corrected chi connectivity index (χ4v) is 5.76. The maximum Gasteiger partial charge on any atom is 0.352 e. The Bertz CT molecular complexity index is 1490. The number of nitrogens with one attached hydrogen (secondary N) is 1. The van der Waals surface area contributed by atoms with E-state index in [1.807, 2.05) is 30.3 Å². The van der Waals surface area contributed by atoms with Gasteiger partial charge in [-0.15, -0.1) is 0 Å². The highest BCUT2D eigenvalue weighted by Gasteiger charge is 2.54. The number of benzene rings is 2. The lowest BCUT2D eigenvalue weighted by atomic mass is 10.0. The van der Waals surface area contributed by atoms with Crippen molar-refractivity contribution in [1.82, 2.24) is 15.3 Å². The second-order valence-corrected chi connectivity index (χ2v) is 12.1. The molecule has 0 bridgehead atoms. The number of amides is 4. The first-order valence-corrected chi connectivity index (χ1v) is 14.5. The zero-order valence-corrected chi connectivity index (χ0v) is 25.9. The second kappa shape index (κ2) is 14.4. The van der Waals surface area contributed by atoms with Crippen molar-refractivity contribution in [1.29, 1.82) is 0 Å². The van der Waals surface area contributed by atoms with E-state index < -0.39 is 39.8 Å². The Kier molecular flexibility index (Phi) is 11.1. The van der Waals surface area contributed by atoms with Crippen molar-refractivity contribution in [2.75, 3.05) is 0 Å². The highest BCUT2D eigenvalue weighted by atomic mass is 35.5. The van der Waals surface area contributed by atoms with Crippen molar-refractivity contribution in [3.8, 4) is 0 Å². The summed E-state index contributed by atoms with van der Waals surface area (Å²) in [6.07, 6.45) is 0.154. The molecule has 1 fully saturated rings. The molecule has 44 heavy (non-hydrogen) atoms. The molecule has 0 radical (unpaired) electrons. The van der Waals surface area contributed by atoms with Crippen LogP contribution in [-0.4, -0.2) is 60.8 Å². The summed E-state index contributed by atoms with van der Waals surface area (Å²) in [6, 6.07) is 13.5. The summed E-state index contributed by atoms with van der Waals surface area (Å²) in [6.45, 7) is 7.11. The van der Waals surface area contributed by atoms with Gasteiger partial charge in [0.1, 0.15) is 17.1 Å². The number of carbonyl (C=O) groups is 4. The number of carboxylic acids is 1. The van der Waals surface area contributed by atoms with Crippen molar-refractivity contribution in [2.45, 2.75) is 57.7 Å². The fraction of sp³-hybridized carbons (Fsp3) is 0.310. The van der Waals surface area contributed by atoms with Crippen LogP contribution in [0, 0.1) is 10.1 Å². The van der Waals surface area contributed by atoms with E-state index in [4.69, 9.17) is 22.2 Å². The Morgan fingerprint density at radius 2 is 1.77 bits per heavy atom. The minimum Gasteiger partial charge on any atom is -0.477 e. The number of nitro groups is 1. The summed E-state index contributed by atoms with van der Waals surface area (Å²) in [7, 11) is 0. The van der Waals surface area contributed by atoms with E-state index >= 15 is 0 Å². The standard InChI is InChI=1S/C17H15ClN2O4S.C12H17N3O4/c1-9-11(8-18)25-16-13(15(22)20(16)14(9)17(23)24)19-12(21)7-10-5-3-2-4-6-10;1-12(2,3)19-14(11(13)16)8-9-4-6-10(7-5-9)15(17)18/h2-6,8,13,16H,7H2,1H3,(H,19,21)(H,23,24);4-7H,8H2,1-3H3,(H2,13,16)/t13-,16-;/m0./s1. The third-order valence-corrected chi connectivity index (χ3v) is 7.94. The quantitative estimate of drug-likeness (QED) is 0.214. The van der Waals surface area contributed by atoms with Crippen molar-refractivity contribution in [2.24, 2.45) is 5.73 Å². The Morgan fingerprint density at radius 1 is 1.16 bits per heavy atom. The van der Waals surface area contributed by atoms with Crippen LogP contribution in [0.1, 0.15) is 38.8 Å². The van der Waals surface area contributed by atoms with Crippen LogP contribution in [0.15, 0.2) is 76.3 Å². The van der Waals surface area contributed by atoms with Gasteiger partial charge >= 0.3 is 12.0 Å². The number of nitrogens with two attached hydrogens (primary N) is 1. The number of hydroxylamine groups is 2. The number of rotatable bonds is 8. The molecule has 15 heteroatoms. The van der Waals surface area contributed by atoms with E-state index in [0.29, 0.717) is 16.0 Å². The van der Waals surface area contributed by atoms with Gasteiger partial charge in [0.05, 0.1) is 23.5 Å². The number of primary amides is 1. The minimum absolute atomic E-state index is 0.00823. The van der Waals surface area contributed by atoms with Gasteiger partial charge in [-0.05, 0) is 44.4 Å². The molecule has 234 valence electrons. The molecule has 2 aromatic rings. The SMILES string of the molecule is CC(C)(C)ON(Cc1ccc([N+](=O)[O-])cc1)C(N)=O.CC1=C(C(=O)O)N2C(=O)[C@H](NC(=O)Cc3ccccc3)[C@@H]2SC1=CCl. The number of aliphatic carboxylic acids is 1. The topological polar surface area (TPSA) is 185 Å². The minimum atomic E-state index is -1.19. The number of fused-ring (bicyclic) bond motifs is 1. The number of halogens is 1. The van der Waals surface area contributed by atoms with Crippen LogP contribution in [0.25, 0.3) is 0 Å². The lowest BCUT2D eigenvalue weighted by molar-refractivity contribution is -0.384. The molecule has 2 aliphatic rings. The molecule has 0 aromatic heterocycles. The molecule has 2 atom stereocenters. The average Bonchev–Trinajstić information content (AvgIpc) is 2.95. The van der Waals surface area contributed by atoms with Crippen LogP contribution in [0.3, 0.4) is 0 Å². The zero-order valence-electron chi connectivity index (χ0n) is 24.4. The van der Waals surface area contributed by atoms with Crippen molar-refractivity contribution in [3.05, 3.63) is 97.5 Å². The van der Waals surface area contributed by atoms with Crippen molar-refractivity contribution in [3.63, 3.8) is 0 Å². The van der Waals surface area contributed by atoms with E-state index in [2.05, 4.69) is 5.32 Å². The number of β-lactam (4-membered cyclic amide) rings is 1. The van der Waals surface area contributed by atoms with Crippen LogP contribution in [0.4, 0.5) is 10.5 Å². The molecule has 0 aliphatic carbocycles. The fourth-order valence-electron chi connectivity index (χ4n) is 4.22. The first-order valence-electron chi connectivity index (χ1n) is 13.2. The molecule has 4 rings (SSSR count). The van der Waals surface area contributed by atoms with Gasteiger partial charge in [-0.1, -0.05) is 65.8 Å². The second-order valence-electron chi connectivity index (χ2n) is 10.7. The summed E-state index contributed by atoms with van der Waals surface area (Å²) in [5, 5.41) is 23.2. The monoisotopic (exact) mass is 645 g/mol. The van der Waals surface area contributed by atoms with Gasteiger partial charge in [0.25, 0.3) is 11.6 Å². The molecule has 4 amide bonds. The number of carbonyl (C=O) groups excluding carboxylic acids is 3. The van der Waals surface area contributed by atoms with Gasteiger partial charge in [-0.25, -0.2) is 9.59 Å². The number of urea groups is 1. The Balaban J connectivity index is 0.000000251. The smallest absolute Gasteiger partial charge is 0.352 e. The first-order chi connectivity index (χ1) is 20.6. The number of nitrogens with zero attached hydrogens (tertiary/aromatic N) is 3. The van der Waals surface area contributed by atoms with Crippen LogP contribution in [0.5, 0.6) is 0 Å². The third kappa shape index (κ3) is 8.58. The van der Waals surface area contributed by atoms with E-state index in [9.17, 15) is 34.4 Å². The number of hydrogen-bond donors (Lipinski definition) is 3. The van der Waals surface area contributed by atoms with E-state index in [1.54, 1.807) is 39.8 Å². The molecule has 0 saturated carbocycles. The number of non-ortho nitro benzene ring substituents is 1. The number of hydrogen-bond acceptors (Lipinski definition) is 8. The van der Waals surface area contributed by atoms with Crippen LogP contribution in [-0.2, 0) is 32.2 Å². The number of allylic oxidation sites excluding steroid dienone is 1. The molecule has 0 spiro atoms. The van der Waals surface area contributed by atoms with E-state index in [0.717, 1.165) is 10.6 Å². The van der Waals surface area contributed by atoms with Crippen LogP contribution >= 0.6 is 23.4 Å². The van der Waals surface area contributed by atoms with Gasteiger partial charge in [-0.2, -0.15) is 5.06 Å². The van der Waals surface area contributed by atoms with Crippen LogP contribution < -0.4 is 11.1 Å². The lowest BCUT2D eigenvalue weighted by Crippen LogP contribution is -2.70. The molecular formula is C29H32ClN5O8S. The zero-order chi connectivity index (χ0) is 32.8. The van der Waals surface area contributed by atoms with E-state index in [1.165, 1.54) is 34.3 Å². The van der Waals surface area contributed by atoms with E-state index in [-0.39, 0.29) is 30.3 Å². The Morgan fingerprint density at radius 3 is 2.27 bits per heavy atom. The predicted octanol–water partition coefficient (Wildman–Crippen LogP) is 4.27. The summed E-state index contributed by atoms with van der Waals surface area (Å²) in [5.74, 6) is -1.91. The highest BCUT2D eigenvalue weighted by Crippen LogP contribution is 2.46. The number of nitro benzene ring substituents is 1. The molecule has 2 aromatic carbocycles.